The van der Waals surface area contributed by atoms with Gasteiger partial charge in [0.05, 0.1) is 12.5 Å². The topological polar surface area (TPSA) is 102 Å². The summed E-state index contributed by atoms with van der Waals surface area (Å²) in [6, 6.07) is 6.06. The van der Waals surface area contributed by atoms with E-state index in [1.807, 2.05) is 21.7 Å². The van der Waals surface area contributed by atoms with Gasteiger partial charge in [-0.05, 0) is 49.6 Å². The lowest BCUT2D eigenvalue weighted by atomic mass is 10.0. The van der Waals surface area contributed by atoms with Crippen molar-refractivity contribution in [1.82, 2.24) is 29.5 Å². The molecular formula is C26H35N7O2. The monoisotopic (exact) mass is 477 g/mol. The SMILES string of the molecule is C=CC(=O)N1CCN(CCCCCn2nc(-c3cc(OC)ccc3CC)c3c(N)ncnc32)CC1. The number of piperazine rings is 1. The Labute approximate surface area is 206 Å². The first kappa shape index (κ1) is 24.7. The number of rotatable bonds is 10. The van der Waals surface area contributed by atoms with Crippen molar-refractivity contribution in [3.8, 4) is 17.0 Å². The van der Waals surface area contributed by atoms with Gasteiger partial charge in [-0.3, -0.25) is 9.69 Å². The molecular weight excluding hydrogens is 442 g/mol. The van der Waals surface area contributed by atoms with Crippen LogP contribution in [0.4, 0.5) is 5.82 Å². The van der Waals surface area contributed by atoms with Gasteiger partial charge in [0.1, 0.15) is 23.6 Å². The molecule has 1 fully saturated rings. The predicted octanol–water partition coefficient (Wildman–Crippen LogP) is 3.15. The molecule has 9 heteroatoms. The fourth-order valence-corrected chi connectivity index (χ4v) is 4.68. The molecule has 0 atom stereocenters. The number of methoxy groups -OCH3 is 1. The number of anilines is 1. The van der Waals surface area contributed by atoms with Crippen molar-refractivity contribution in [2.24, 2.45) is 0 Å². The highest BCUT2D eigenvalue weighted by Gasteiger charge is 2.20. The minimum absolute atomic E-state index is 0.0277. The number of nitrogens with zero attached hydrogens (tertiary/aromatic N) is 6. The van der Waals surface area contributed by atoms with E-state index in [-0.39, 0.29) is 5.91 Å². The number of aromatic nitrogens is 4. The molecule has 4 rings (SSSR count). The molecule has 0 saturated carbocycles. The zero-order chi connectivity index (χ0) is 24.8. The molecule has 3 aromatic rings. The number of fused-ring (bicyclic) bond motifs is 1. The number of hydrogen-bond acceptors (Lipinski definition) is 7. The number of carbonyl (C=O) groups excluding carboxylic acids is 1. The van der Waals surface area contributed by atoms with E-state index in [0.29, 0.717) is 5.82 Å². The summed E-state index contributed by atoms with van der Waals surface area (Å²) in [7, 11) is 1.67. The molecule has 0 spiro atoms. The molecule has 35 heavy (non-hydrogen) atoms. The molecule has 2 aromatic heterocycles. The van der Waals surface area contributed by atoms with E-state index in [2.05, 4.69) is 34.4 Å². The summed E-state index contributed by atoms with van der Waals surface area (Å²) in [5, 5.41) is 5.74. The lowest BCUT2D eigenvalue weighted by Crippen LogP contribution is -2.48. The molecule has 3 heterocycles. The fraction of sp³-hybridized carbons (Fsp3) is 0.462. The predicted molar refractivity (Wildman–Crippen MR) is 138 cm³/mol. The fourth-order valence-electron chi connectivity index (χ4n) is 4.68. The molecule has 0 aliphatic carbocycles. The Balaban J connectivity index is 1.41. The number of hydrogen-bond donors (Lipinski definition) is 1. The number of nitrogens with two attached hydrogens (primary N) is 1. The normalized spacial score (nSPS) is 14.4. The third-order valence-electron chi connectivity index (χ3n) is 6.71. The first-order valence-corrected chi connectivity index (χ1v) is 12.3. The van der Waals surface area contributed by atoms with Gasteiger partial charge in [-0.2, -0.15) is 5.10 Å². The zero-order valence-electron chi connectivity index (χ0n) is 20.7. The number of amides is 1. The third kappa shape index (κ3) is 5.45. The highest BCUT2D eigenvalue weighted by molar-refractivity contribution is 5.99. The van der Waals surface area contributed by atoms with Crippen molar-refractivity contribution >= 4 is 22.8 Å². The average Bonchev–Trinajstić information content (AvgIpc) is 3.27. The second kappa shape index (κ2) is 11.3. The Morgan fingerprint density at radius 2 is 1.91 bits per heavy atom. The van der Waals surface area contributed by atoms with Crippen molar-refractivity contribution in [2.75, 3.05) is 45.6 Å². The van der Waals surface area contributed by atoms with Gasteiger partial charge in [0.2, 0.25) is 5.91 Å². The molecule has 0 bridgehead atoms. The molecule has 1 saturated heterocycles. The van der Waals surface area contributed by atoms with Crippen molar-refractivity contribution in [2.45, 2.75) is 39.2 Å². The van der Waals surface area contributed by atoms with Crippen LogP contribution in [0.3, 0.4) is 0 Å². The van der Waals surface area contributed by atoms with Crippen molar-refractivity contribution in [3.63, 3.8) is 0 Å². The van der Waals surface area contributed by atoms with Gasteiger partial charge in [-0.15, -0.1) is 0 Å². The Morgan fingerprint density at radius 3 is 2.63 bits per heavy atom. The first-order chi connectivity index (χ1) is 17.0. The maximum Gasteiger partial charge on any atom is 0.246 e. The molecule has 1 aromatic carbocycles. The maximum absolute atomic E-state index is 11.7. The number of nitrogen functional groups attached to an aromatic ring is 1. The Hall–Kier alpha value is -3.46. The Morgan fingerprint density at radius 1 is 1.14 bits per heavy atom. The standard InChI is InChI=1S/C26H35N7O2/c1-4-19-9-10-20(35-3)17-21(19)24-23-25(27)28-18-29-26(23)33(30-24)12-8-6-7-11-31-13-15-32(16-14-31)22(34)5-2/h5,9-10,17-18H,2,4,6-8,11-16H2,1,3H3,(H2,27,28,29). The molecule has 0 unspecified atom stereocenters. The van der Waals surface area contributed by atoms with Gasteiger partial charge in [0.15, 0.2) is 5.65 Å². The van der Waals surface area contributed by atoms with E-state index < -0.39 is 0 Å². The van der Waals surface area contributed by atoms with Gasteiger partial charge in [0, 0.05) is 38.3 Å². The Bertz CT molecular complexity index is 1180. The quantitative estimate of drug-likeness (QED) is 0.353. The van der Waals surface area contributed by atoms with E-state index in [4.69, 9.17) is 15.6 Å². The van der Waals surface area contributed by atoms with Crippen molar-refractivity contribution in [3.05, 3.63) is 42.7 Å². The zero-order valence-corrected chi connectivity index (χ0v) is 20.7. The van der Waals surface area contributed by atoms with Crippen LogP contribution in [0.25, 0.3) is 22.3 Å². The van der Waals surface area contributed by atoms with E-state index in [1.165, 1.54) is 18.0 Å². The number of ether oxygens (including phenoxy) is 1. The number of unbranched alkanes of at least 4 members (excludes halogenated alkanes) is 2. The summed E-state index contributed by atoms with van der Waals surface area (Å²) in [4.78, 5) is 24.8. The summed E-state index contributed by atoms with van der Waals surface area (Å²) in [5.74, 6) is 1.25. The molecule has 1 amide bonds. The number of aryl methyl sites for hydroxylation is 2. The molecule has 2 N–H and O–H groups in total. The third-order valence-corrected chi connectivity index (χ3v) is 6.71. The van der Waals surface area contributed by atoms with Gasteiger partial charge in [-0.1, -0.05) is 26.0 Å². The average molecular weight is 478 g/mol. The second-order valence-corrected chi connectivity index (χ2v) is 8.84. The van der Waals surface area contributed by atoms with Gasteiger partial charge in [0.25, 0.3) is 0 Å². The van der Waals surface area contributed by atoms with Gasteiger partial charge >= 0.3 is 0 Å². The molecule has 0 radical (unpaired) electrons. The van der Waals surface area contributed by atoms with Crippen LogP contribution in [-0.2, 0) is 17.8 Å². The van der Waals surface area contributed by atoms with Crippen LogP contribution in [0.15, 0.2) is 37.2 Å². The highest BCUT2D eigenvalue weighted by atomic mass is 16.5. The smallest absolute Gasteiger partial charge is 0.246 e. The summed E-state index contributed by atoms with van der Waals surface area (Å²) in [6.45, 7) is 10.9. The maximum atomic E-state index is 11.7. The summed E-state index contributed by atoms with van der Waals surface area (Å²) in [6.07, 6.45) is 6.96. The van der Waals surface area contributed by atoms with Crippen LogP contribution in [0.2, 0.25) is 0 Å². The lowest BCUT2D eigenvalue weighted by Gasteiger charge is -2.34. The van der Waals surface area contributed by atoms with Crippen LogP contribution < -0.4 is 10.5 Å². The number of carbonyl (C=O) groups is 1. The lowest BCUT2D eigenvalue weighted by molar-refractivity contribution is -0.127. The van der Waals surface area contributed by atoms with E-state index in [0.717, 1.165) is 93.0 Å². The molecule has 1 aliphatic rings. The largest absolute Gasteiger partial charge is 0.497 e. The summed E-state index contributed by atoms with van der Waals surface area (Å²) < 4.78 is 7.42. The minimum atomic E-state index is 0.0277. The van der Waals surface area contributed by atoms with E-state index >= 15 is 0 Å². The minimum Gasteiger partial charge on any atom is -0.497 e. The Kier molecular flexibility index (Phi) is 7.97. The highest BCUT2D eigenvalue weighted by Crippen LogP contribution is 2.34. The first-order valence-electron chi connectivity index (χ1n) is 12.3. The molecule has 186 valence electrons. The van der Waals surface area contributed by atoms with Crippen LogP contribution in [-0.4, -0.2) is 75.3 Å². The number of benzene rings is 1. The molecule has 9 nitrogen and oxygen atoms in total. The van der Waals surface area contributed by atoms with Crippen LogP contribution >= 0.6 is 0 Å². The van der Waals surface area contributed by atoms with E-state index in [1.54, 1.807) is 7.11 Å². The summed E-state index contributed by atoms with van der Waals surface area (Å²) >= 11 is 0. The summed E-state index contributed by atoms with van der Waals surface area (Å²) in [5.41, 5.74) is 10.0. The van der Waals surface area contributed by atoms with Gasteiger partial charge < -0.3 is 15.4 Å². The van der Waals surface area contributed by atoms with Crippen LogP contribution in [0.5, 0.6) is 5.75 Å². The van der Waals surface area contributed by atoms with Gasteiger partial charge in [-0.25, -0.2) is 14.6 Å². The van der Waals surface area contributed by atoms with Crippen LogP contribution in [0, 0.1) is 0 Å². The molecule has 1 aliphatic heterocycles. The van der Waals surface area contributed by atoms with Crippen molar-refractivity contribution in [1.29, 1.82) is 0 Å². The van der Waals surface area contributed by atoms with Crippen LogP contribution in [0.1, 0.15) is 31.7 Å². The van der Waals surface area contributed by atoms with E-state index in [9.17, 15) is 4.79 Å². The second-order valence-electron chi connectivity index (χ2n) is 8.84. The van der Waals surface area contributed by atoms with Crippen molar-refractivity contribution < 1.29 is 9.53 Å².